The summed E-state index contributed by atoms with van der Waals surface area (Å²) >= 11 is 1.73. The molecule has 112 valence electrons. The summed E-state index contributed by atoms with van der Waals surface area (Å²) in [5.41, 5.74) is 0. The Labute approximate surface area is 125 Å². The van der Waals surface area contributed by atoms with Gasteiger partial charge >= 0.3 is 0 Å². The second-order valence-corrected chi connectivity index (χ2v) is 6.43. The molecule has 0 radical (unpaired) electrons. The van der Waals surface area contributed by atoms with Crippen molar-refractivity contribution >= 4 is 17.2 Å². The lowest BCUT2D eigenvalue weighted by atomic mass is 9.98. The number of carbonyl (C=O) groups is 1. The fraction of sp³-hybridized carbons (Fsp3) is 0.688. The highest BCUT2D eigenvalue weighted by Gasteiger charge is 2.29. The highest BCUT2D eigenvalue weighted by Crippen LogP contribution is 2.23. The molecule has 1 aromatic heterocycles. The van der Waals surface area contributed by atoms with Gasteiger partial charge in [0.05, 0.1) is 6.54 Å². The van der Waals surface area contributed by atoms with Crippen molar-refractivity contribution < 1.29 is 9.53 Å². The first-order chi connectivity index (χ1) is 9.76. The van der Waals surface area contributed by atoms with Gasteiger partial charge in [0.25, 0.3) is 0 Å². The molecule has 20 heavy (non-hydrogen) atoms. The predicted molar refractivity (Wildman–Crippen MR) is 82.8 cm³/mol. The van der Waals surface area contributed by atoms with Crippen LogP contribution in [-0.4, -0.2) is 30.1 Å². The van der Waals surface area contributed by atoms with E-state index >= 15 is 0 Å². The van der Waals surface area contributed by atoms with Crippen molar-refractivity contribution in [3.05, 3.63) is 22.4 Å². The normalized spacial score (nSPS) is 16.6. The van der Waals surface area contributed by atoms with Gasteiger partial charge in [0.2, 0.25) is 5.91 Å². The number of thiophene rings is 1. The molecule has 1 saturated heterocycles. The first-order valence-corrected chi connectivity index (χ1v) is 8.54. The van der Waals surface area contributed by atoms with Crippen LogP contribution < -0.4 is 0 Å². The van der Waals surface area contributed by atoms with Crippen LogP contribution in [0.1, 0.15) is 44.4 Å². The second kappa shape index (κ2) is 7.79. The summed E-state index contributed by atoms with van der Waals surface area (Å²) in [6.45, 7) is 6.54. The van der Waals surface area contributed by atoms with Gasteiger partial charge in [-0.3, -0.25) is 4.79 Å². The van der Waals surface area contributed by atoms with Crippen molar-refractivity contribution in [2.45, 2.75) is 52.1 Å². The second-order valence-electron chi connectivity index (χ2n) is 5.40. The SMILES string of the molecule is CCC(CC)C(=O)N(Cc1cccs1)C1CCOCC1. The molecule has 1 aromatic rings. The minimum atomic E-state index is 0.165. The van der Waals surface area contributed by atoms with Crippen molar-refractivity contribution in [2.75, 3.05) is 13.2 Å². The Morgan fingerprint density at radius 3 is 2.65 bits per heavy atom. The van der Waals surface area contributed by atoms with Gasteiger partial charge in [-0.25, -0.2) is 0 Å². The van der Waals surface area contributed by atoms with Crippen LogP contribution in [0.15, 0.2) is 17.5 Å². The lowest BCUT2D eigenvalue weighted by Crippen LogP contribution is -2.45. The van der Waals surface area contributed by atoms with E-state index in [4.69, 9.17) is 4.74 Å². The van der Waals surface area contributed by atoms with E-state index in [1.165, 1.54) is 4.88 Å². The Morgan fingerprint density at radius 2 is 2.10 bits per heavy atom. The molecule has 0 aromatic carbocycles. The number of rotatable bonds is 6. The highest BCUT2D eigenvalue weighted by atomic mass is 32.1. The third kappa shape index (κ3) is 3.83. The smallest absolute Gasteiger partial charge is 0.226 e. The van der Waals surface area contributed by atoms with Crippen LogP contribution >= 0.6 is 11.3 Å². The van der Waals surface area contributed by atoms with Crippen molar-refractivity contribution in [3.8, 4) is 0 Å². The number of hydrogen-bond acceptors (Lipinski definition) is 3. The molecular weight excluding hydrogens is 270 g/mol. The van der Waals surface area contributed by atoms with E-state index in [0.29, 0.717) is 11.9 Å². The zero-order valence-corrected chi connectivity index (χ0v) is 13.3. The fourth-order valence-electron chi connectivity index (χ4n) is 2.83. The monoisotopic (exact) mass is 295 g/mol. The minimum absolute atomic E-state index is 0.165. The molecule has 0 aliphatic carbocycles. The minimum Gasteiger partial charge on any atom is -0.381 e. The van der Waals surface area contributed by atoms with Crippen LogP contribution in [0.5, 0.6) is 0 Å². The van der Waals surface area contributed by atoms with E-state index in [1.54, 1.807) is 11.3 Å². The van der Waals surface area contributed by atoms with Gasteiger partial charge in [0.1, 0.15) is 0 Å². The van der Waals surface area contributed by atoms with Crippen LogP contribution in [0.3, 0.4) is 0 Å². The molecule has 2 rings (SSSR count). The summed E-state index contributed by atoms with van der Waals surface area (Å²) < 4.78 is 5.44. The molecular formula is C16H25NO2S. The molecule has 0 bridgehead atoms. The number of hydrogen-bond donors (Lipinski definition) is 0. The molecule has 0 N–H and O–H groups in total. The van der Waals surface area contributed by atoms with Gasteiger partial charge in [-0.2, -0.15) is 0 Å². The molecule has 0 unspecified atom stereocenters. The summed E-state index contributed by atoms with van der Waals surface area (Å²) in [4.78, 5) is 16.2. The number of carbonyl (C=O) groups excluding carboxylic acids is 1. The molecule has 1 aliphatic heterocycles. The van der Waals surface area contributed by atoms with Gasteiger partial charge in [0, 0.05) is 30.1 Å². The Balaban J connectivity index is 2.11. The zero-order valence-electron chi connectivity index (χ0n) is 12.5. The zero-order chi connectivity index (χ0) is 14.4. The fourth-order valence-corrected chi connectivity index (χ4v) is 3.53. The van der Waals surface area contributed by atoms with E-state index in [9.17, 15) is 4.79 Å². The molecule has 0 spiro atoms. The molecule has 0 atom stereocenters. The Kier molecular flexibility index (Phi) is 6.05. The molecule has 1 aliphatic rings. The Bertz CT molecular complexity index is 395. The molecule has 2 heterocycles. The maximum atomic E-state index is 12.8. The number of nitrogens with zero attached hydrogens (tertiary/aromatic N) is 1. The highest BCUT2D eigenvalue weighted by molar-refractivity contribution is 7.09. The Hall–Kier alpha value is -0.870. The molecule has 0 saturated carbocycles. The third-order valence-electron chi connectivity index (χ3n) is 4.16. The number of amides is 1. The molecule has 1 fully saturated rings. The quantitative estimate of drug-likeness (QED) is 0.801. The summed E-state index contributed by atoms with van der Waals surface area (Å²) in [5.74, 6) is 0.494. The Morgan fingerprint density at radius 1 is 1.40 bits per heavy atom. The third-order valence-corrected chi connectivity index (χ3v) is 5.02. The van der Waals surface area contributed by atoms with E-state index in [2.05, 4.69) is 36.3 Å². The average Bonchev–Trinajstić information content (AvgIpc) is 3.00. The van der Waals surface area contributed by atoms with Crippen molar-refractivity contribution in [3.63, 3.8) is 0 Å². The lowest BCUT2D eigenvalue weighted by molar-refractivity contribution is -0.140. The van der Waals surface area contributed by atoms with Gasteiger partial charge < -0.3 is 9.64 Å². The van der Waals surface area contributed by atoms with Crippen LogP contribution in [0, 0.1) is 5.92 Å². The van der Waals surface area contributed by atoms with Crippen LogP contribution in [0.4, 0.5) is 0 Å². The average molecular weight is 295 g/mol. The van der Waals surface area contributed by atoms with E-state index in [0.717, 1.165) is 45.4 Å². The van der Waals surface area contributed by atoms with E-state index in [1.807, 2.05) is 0 Å². The van der Waals surface area contributed by atoms with Crippen molar-refractivity contribution in [1.29, 1.82) is 0 Å². The van der Waals surface area contributed by atoms with Crippen LogP contribution in [0.25, 0.3) is 0 Å². The van der Waals surface area contributed by atoms with Crippen LogP contribution in [-0.2, 0) is 16.1 Å². The summed E-state index contributed by atoms with van der Waals surface area (Å²) in [7, 11) is 0. The van der Waals surface area contributed by atoms with E-state index < -0.39 is 0 Å². The van der Waals surface area contributed by atoms with Crippen LogP contribution in [0.2, 0.25) is 0 Å². The lowest BCUT2D eigenvalue weighted by Gasteiger charge is -2.36. The summed E-state index contributed by atoms with van der Waals surface area (Å²) in [5, 5.41) is 2.08. The van der Waals surface area contributed by atoms with Gasteiger partial charge in [-0.05, 0) is 37.1 Å². The van der Waals surface area contributed by atoms with Crippen molar-refractivity contribution in [2.24, 2.45) is 5.92 Å². The molecule has 3 nitrogen and oxygen atoms in total. The van der Waals surface area contributed by atoms with E-state index in [-0.39, 0.29) is 5.92 Å². The first kappa shape index (κ1) is 15.5. The standard InChI is InChI=1S/C16H25NO2S/c1-3-13(4-2)16(18)17(12-15-6-5-11-20-15)14-7-9-19-10-8-14/h5-6,11,13-14H,3-4,7-10,12H2,1-2H3. The molecule has 4 heteroatoms. The summed E-state index contributed by atoms with van der Waals surface area (Å²) in [6, 6.07) is 4.53. The van der Waals surface area contributed by atoms with Gasteiger partial charge in [0.15, 0.2) is 0 Å². The molecule has 1 amide bonds. The van der Waals surface area contributed by atoms with Gasteiger partial charge in [-0.1, -0.05) is 19.9 Å². The predicted octanol–water partition coefficient (Wildman–Crippen LogP) is 3.69. The maximum Gasteiger partial charge on any atom is 0.226 e. The largest absolute Gasteiger partial charge is 0.381 e. The topological polar surface area (TPSA) is 29.5 Å². The number of ether oxygens (including phenoxy) is 1. The van der Waals surface area contributed by atoms with Crippen molar-refractivity contribution in [1.82, 2.24) is 4.90 Å². The van der Waals surface area contributed by atoms with Gasteiger partial charge in [-0.15, -0.1) is 11.3 Å². The summed E-state index contributed by atoms with van der Waals surface area (Å²) in [6.07, 6.45) is 3.80. The maximum absolute atomic E-state index is 12.8. The first-order valence-electron chi connectivity index (χ1n) is 7.66.